The van der Waals surface area contributed by atoms with Gasteiger partial charge in [-0.05, 0) is 49.1 Å². The van der Waals surface area contributed by atoms with Gasteiger partial charge in [0.2, 0.25) is 0 Å². The molecular weight excluding hydrogens is 380 g/mol. The van der Waals surface area contributed by atoms with Crippen molar-refractivity contribution in [3.8, 4) is 0 Å². The standard InChI is InChI=1S/C22H26N6O2/c1-14-8-11-19(15(2)12-14)23-21(29)26-25-17-9-10-18-16(13-17)6-5-7-20(18)24-22(30)27-28(3)4/h5-13,25H,1-4H3,(H2,23,26,29)(H2,24,27,30). The summed E-state index contributed by atoms with van der Waals surface area (Å²) in [6.07, 6.45) is 0. The van der Waals surface area contributed by atoms with Crippen molar-refractivity contribution in [2.24, 2.45) is 0 Å². The summed E-state index contributed by atoms with van der Waals surface area (Å²) >= 11 is 0. The van der Waals surface area contributed by atoms with E-state index in [1.807, 2.05) is 68.4 Å². The van der Waals surface area contributed by atoms with E-state index >= 15 is 0 Å². The second kappa shape index (κ2) is 9.15. The van der Waals surface area contributed by atoms with Crippen molar-refractivity contribution < 1.29 is 9.59 Å². The third kappa shape index (κ3) is 5.39. The molecule has 3 rings (SSSR count). The van der Waals surface area contributed by atoms with Gasteiger partial charge in [0, 0.05) is 25.2 Å². The summed E-state index contributed by atoms with van der Waals surface area (Å²) in [5.74, 6) is 0. The van der Waals surface area contributed by atoms with Crippen LogP contribution in [0.15, 0.2) is 54.6 Å². The third-order valence-corrected chi connectivity index (χ3v) is 4.40. The van der Waals surface area contributed by atoms with Gasteiger partial charge in [-0.3, -0.25) is 16.3 Å². The first kappa shape index (κ1) is 20.9. The molecule has 5 N–H and O–H groups in total. The maximum Gasteiger partial charge on any atom is 0.337 e. The average molecular weight is 406 g/mol. The van der Waals surface area contributed by atoms with Gasteiger partial charge in [-0.25, -0.2) is 14.6 Å². The van der Waals surface area contributed by atoms with Crippen molar-refractivity contribution in [2.75, 3.05) is 30.2 Å². The molecule has 0 aliphatic carbocycles. The quantitative estimate of drug-likeness (QED) is 0.410. The van der Waals surface area contributed by atoms with Crippen LogP contribution in [0.5, 0.6) is 0 Å². The van der Waals surface area contributed by atoms with Crippen LogP contribution in [0.25, 0.3) is 10.8 Å². The lowest BCUT2D eigenvalue weighted by molar-refractivity contribution is 0.224. The topological polar surface area (TPSA) is 97.5 Å². The molecule has 0 aliphatic rings. The van der Waals surface area contributed by atoms with Crippen molar-refractivity contribution in [1.82, 2.24) is 15.9 Å². The SMILES string of the molecule is Cc1ccc(NC(=O)NNc2ccc3c(NC(=O)NN(C)C)cccc3c2)c(C)c1. The number of anilines is 3. The van der Waals surface area contributed by atoms with E-state index in [1.165, 1.54) is 0 Å². The number of amides is 4. The summed E-state index contributed by atoms with van der Waals surface area (Å²) in [6, 6.07) is 16.4. The lowest BCUT2D eigenvalue weighted by Crippen LogP contribution is -2.39. The fourth-order valence-electron chi connectivity index (χ4n) is 3.06. The van der Waals surface area contributed by atoms with Gasteiger partial charge in [0.25, 0.3) is 0 Å². The van der Waals surface area contributed by atoms with Crippen LogP contribution in [0.2, 0.25) is 0 Å². The highest BCUT2D eigenvalue weighted by atomic mass is 16.2. The Kier molecular flexibility index (Phi) is 6.38. The molecule has 0 radical (unpaired) electrons. The number of nitrogens with zero attached hydrogens (tertiary/aromatic N) is 1. The molecule has 8 heteroatoms. The highest BCUT2D eigenvalue weighted by Crippen LogP contribution is 2.26. The number of hydrogen-bond donors (Lipinski definition) is 5. The Morgan fingerprint density at radius 1 is 0.833 bits per heavy atom. The Morgan fingerprint density at radius 2 is 1.60 bits per heavy atom. The van der Waals surface area contributed by atoms with Crippen LogP contribution >= 0.6 is 0 Å². The molecule has 8 nitrogen and oxygen atoms in total. The van der Waals surface area contributed by atoms with Crippen molar-refractivity contribution in [1.29, 1.82) is 0 Å². The summed E-state index contributed by atoms with van der Waals surface area (Å²) < 4.78 is 0. The summed E-state index contributed by atoms with van der Waals surface area (Å²) in [6.45, 7) is 3.96. The van der Waals surface area contributed by atoms with E-state index in [4.69, 9.17) is 0 Å². The summed E-state index contributed by atoms with van der Waals surface area (Å²) in [4.78, 5) is 24.2. The second-order valence-corrected chi connectivity index (χ2v) is 7.22. The highest BCUT2D eigenvalue weighted by molar-refractivity contribution is 6.02. The largest absolute Gasteiger partial charge is 0.337 e. The van der Waals surface area contributed by atoms with Crippen LogP contribution in [0.3, 0.4) is 0 Å². The summed E-state index contributed by atoms with van der Waals surface area (Å²) in [7, 11) is 3.48. The normalized spacial score (nSPS) is 10.6. The lowest BCUT2D eigenvalue weighted by Gasteiger charge is -2.15. The molecule has 4 amide bonds. The molecule has 3 aromatic carbocycles. The Balaban J connectivity index is 1.65. The van der Waals surface area contributed by atoms with Gasteiger partial charge in [0.15, 0.2) is 0 Å². The van der Waals surface area contributed by atoms with Crippen LogP contribution in [0.1, 0.15) is 11.1 Å². The van der Waals surface area contributed by atoms with Gasteiger partial charge >= 0.3 is 12.1 Å². The number of rotatable bonds is 5. The van der Waals surface area contributed by atoms with Crippen molar-refractivity contribution in [3.05, 3.63) is 65.7 Å². The molecule has 0 saturated heterocycles. The molecule has 0 atom stereocenters. The van der Waals surface area contributed by atoms with Crippen molar-refractivity contribution in [3.63, 3.8) is 0 Å². The Labute approximate surface area is 175 Å². The van der Waals surface area contributed by atoms with Crippen molar-refractivity contribution in [2.45, 2.75) is 13.8 Å². The zero-order chi connectivity index (χ0) is 21.7. The summed E-state index contributed by atoms with van der Waals surface area (Å²) in [5, 5.41) is 9.02. The first-order valence-electron chi connectivity index (χ1n) is 9.50. The maximum absolute atomic E-state index is 12.2. The van der Waals surface area contributed by atoms with Gasteiger partial charge in [0.1, 0.15) is 0 Å². The Morgan fingerprint density at radius 3 is 2.33 bits per heavy atom. The number of urea groups is 2. The number of carbonyl (C=O) groups is 2. The smallest absolute Gasteiger partial charge is 0.306 e. The zero-order valence-electron chi connectivity index (χ0n) is 17.5. The van der Waals surface area contributed by atoms with E-state index in [0.29, 0.717) is 11.4 Å². The molecule has 0 aliphatic heterocycles. The van der Waals surface area contributed by atoms with Gasteiger partial charge in [-0.2, -0.15) is 0 Å². The predicted octanol–water partition coefficient (Wildman–Crippen LogP) is 4.20. The minimum Gasteiger partial charge on any atom is -0.306 e. The van der Waals surface area contributed by atoms with Gasteiger partial charge in [0.05, 0.1) is 11.4 Å². The number of carbonyl (C=O) groups excluding carboxylic acids is 2. The number of hydrazine groups is 2. The van der Waals surface area contributed by atoms with Crippen LogP contribution in [0.4, 0.5) is 26.7 Å². The number of fused-ring (bicyclic) bond motifs is 1. The number of benzene rings is 3. The van der Waals surface area contributed by atoms with Gasteiger partial charge in [-0.1, -0.05) is 35.9 Å². The fourth-order valence-corrected chi connectivity index (χ4v) is 3.06. The zero-order valence-corrected chi connectivity index (χ0v) is 17.5. The Hall–Kier alpha value is -3.78. The molecule has 156 valence electrons. The molecule has 0 bridgehead atoms. The minimum absolute atomic E-state index is 0.320. The molecular formula is C22H26N6O2. The van der Waals surface area contributed by atoms with Crippen molar-refractivity contribution >= 4 is 39.9 Å². The monoisotopic (exact) mass is 406 g/mol. The van der Waals surface area contributed by atoms with E-state index in [1.54, 1.807) is 19.1 Å². The van der Waals surface area contributed by atoms with E-state index in [0.717, 1.165) is 27.6 Å². The Bertz CT molecular complexity index is 1080. The summed E-state index contributed by atoms with van der Waals surface area (Å²) in [5.41, 5.74) is 12.5. The highest BCUT2D eigenvalue weighted by Gasteiger charge is 2.08. The van der Waals surface area contributed by atoms with Crippen LogP contribution < -0.4 is 26.9 Å². The van der Waals surface area contributed by atoms with E-state index < -0.39 is 0 Å². The van der Waals surface area contributed by atoms with Crippen LogP contribution in [-0.2, 0) is 0 Å². The van der Waals surface area contributed by atoms with Crippen LogP contribution in [-0.4, -0.2) is 31.2 Å². The first-order chi connectivity index (χ1) is 14.3. The van der Waals surface area contributed by atoms with Gasteiger partial charge < -0.3 is 10.6 Å². The minimum atomic E-state index is -0.363. The van der Waals surface area contributed by atoms with E-state index in [-0.39, 0.29) is 12.1 Å². The average Bonchev–Trinajstić information content (AvgIpc) is 2.68. The van der Waals surface area contributed by atoms with E-state index in [2.05, 4.69) is 26.9 Å². The fraction of sp³-hybridized carbons (Fsp3) is 0.182. The van der Waals surface area contributed by atoms with E-state index in [9.17, 15) is 9.59 Å². The molecule has 3 aromatic rings. The van der Waals surface area contributed by atoms with Gasteiger partial charge in [-0.15, -0.1) is 0 Å². The third-order valence-electron chi connectivity index (χ3n) is 4.40. The molecule has 0 saturated carbocycles. The first-order valence-corrected chi connectivity index (χ1v) is 9.50. The lowest BCUT2D eigenvalue weighted by atomic mass is 10.1. The molecule has 0 unspecified atom stereocenters. The molecule has 30 heavy (non-hydrogen) atoms. The maximum atomic E-state index is 12.2. The number of nitrogens with one attached hydrogen (secondary N) is 5. The second-order valence-electron chi connectivity index (χ2n) is 7.22. The number of aryl methyl sites for hydroxylation is 2. The number of hydrogen-bond acceptors (Lipinski definition) is 4. The molecule has 0 spiro atoms. The predicted molar refractivity (Wildman–Crippen MR) is 121 cm³/mol. The molecule has 0 aromatic heterocycles. The molecule has 0 heterocycles. The van der Waals surface area contributed by atoms with Crippen LogP contribution in [0, 0.1) is 13.8 Å². The molecule has 0 fully saturated rings.